The van der Waals surface area contributed by atoms with Crippen LogP contribution in [0.25, 0.3) is 0 Å². The molecule has 25 heavy (non-hydrogen) atoms. The van der Waals surface area contributed by atoms with E-state index in [1.807, 2.05) is 4.68 Å². The Bertz CT molecular complexity index is 786. The summed E-state index contributed by atoms with van der Waals surface area (Å²) in [4.78, 5) is 13.0. The molecule has 1 aliphatic rings. The highest BCUT2D eigenvalue weighted by Gasteiger charge is 2.30. The van der Waals surface area contributed by atoms with Crippen molar-refractivity contribution in [2.75, 3.05) is 19.5 Å². The Balaban J connectivity index is 2.03. The second kappa shape index (κ2) is 6.63. The minimum atomic E-state index is -0.264. The molecule has 0 atom stereocenters. The van der Waals surface area contributed by atoms with Gasteiger partial charge in [0.05, 0.1) is 25.5 Å². The largest absolute Gasteiger partial charge is 0.496 e. The first kappa shape index (κ1) is 17.7. The average Bonchev–Trinajstić information content (AvgIpc) is 3.16. The second-order valence-corrected chi connectivity index (χ2v) is 7.83. The van der Waals surface area contributed by atoms with Crippen LogP contribution < -0.4 is 14.8 Å². The Kier molecular flexibility index (Phi) is 4.69. The lowest BCUT2D eigenvalue weighted by molar-refractivity contribution is 0.101. The van der Waals surface area contributed by atoms with Gasteiger partial charge in [-0.2, -0.15) is 16.9 Å². The van der Waals surface area contributed by atoms with Crippen LogP contribution in [0, 0.1) is 0 Å². The first-order valence-corrected chi connectivity index (χ1v) is 9.23. The van der Waals surface area contributed by atoms with Gasteiger partial charge in [0, 0.05) is 17.1 Å². The van der Waals surface area contributed by atoms with E-state index in [1.165, 1.54) is 0 Å². The van der Waals surface area contributed by atoms with Crippen LogP contribution in [0.4, 0.5) is 5.82 Å². The second-order valence-electron chi connectivity index (χ2n) is 6.84. The van der Waals surface area contributed by atoms with E-state index in [4.69, 9.17) is 14.6 Å². The van der Waals surface area contributed by atoms with Gasteiger partial charge in [-0.05, 0) is 32.9 Å². The maximum Gasteiger partial charge on any atom is 0.264 e. The van der Waals surface area contributed by atoms with Crippen LogP contribution in [0.3, 0.4) is 0 Å². The Labute approximate surface area is 151 Å². The lowest BCUT2D eigenvalue weighted by Gasteiger charge is -2.23. The maximum atomic E-state index is 13.0. The molecule has 2 aromatic rings. The van der Waals surface area contributed by atoms with Gasteiger partial charge >= 0.3 is 0 Å². The minimum Gasteiger partial charge on any atom is -0.496 e. The normalized spacial score (nSPS) is 13.5. The van der Waals surface area contributed by atoms with Gasteiger partial charge in [0.15, 0.2) is 0 Å². The number of benzene rings is 1. The molecule has 134 valence electrons. The molecule has 0 bridgehead atoms. The smallest absolute Gasteiger partial charge is 0.264 e. The standard InChI is InChI=1S/C18H23N3O3S/c1-18(2,3)21-16(11-9-25-10-12(11)20-21)19-17(22)15-13(23-4)7-6-8-14(15)24-5/h6-8H,9-10H2,1-5H3,(H,19,22). The van der Waals surface area contributed by atoms with E-state index in [0.717, 1.165) is 28.6 Å². The molecule has 0 saturated carbocycles. The molecule has 0 aliphatic carbocycles. The number of thioether (sulfide) groups is 1. The Morgan fingerprint density at radius 2 is 1.84 bits per heavy atom. The SMILES string of the molecule is COc1cccc(OC)c1C(=O)Nc1c2c(nn1C(C)(C)C)CSC2. The molecule has 1 amide bonds. The molecule has 2 heterocycles. The van der Waals surface area contributed by atoms with E-state index in [1.54, 1.807) is 44.2 Å². The number of rotatable bonds is 4. The molecule has 6 nitrogen and oxygen atoms in total. The van der Waals surface area contributed by atoms with Crippen LogP contribution in [0.2, 0.25) is 0 Å². The summed E-state index contributed by atoms with van der Waals surface area (Å²) in [7, 11) is 3.08. The van der Waals surface area contributed by atoms with Crippen molar-refractivity contribution in [3.63, 3.8) is 0 Å². The van der Waals surface area contributed by atoms with E-state index in [0.29, 0.717) is 17.1 Å². The van der Waals surface area contributed by atoms with Crippen molar-refractivity contribution >= 4 is 23.5 Å². The van der Waals surface area contributed by atoms with Gasteiger partial charge in [0.1, 0.15) is 22.9 Å². The third kappa shape index (κ3) is 3.20. The zero-order valence-electron chi connectivity index (χ0n) is 15.2. The van der Waals surface area contributed by atoms with Crippen molar-refractivity contribution in [1.82, 2.24) is 9.78 Å². The number of methoxy groups -OCH3 is 2. The Morgan fingerprint density at radius 1 is 1.20 bits per heavy atom. The molecule has 1 aliphatic heterocycles. The van der Waals surface area contributed by atoms with Gasteiger partial charge in [-0.15, -0.1) is 0 Å². The number of carbonyl (C=O) groups excluding carboxylic acids is 1. The van der Waals surface area contributed by atoms with Crippen LogP contribution >= 0.6 is 11.8 Å². The average molecular weight is 361 g/mol. The van der Waals surface area contributed by atoms with Crippen LogP contribution in [-0.2, 0) is 17.0 Å². The van der Waals surface area contributed by atoms with Gasteiger partial charge in [-0.3, -0.25) is 4.79 Å². The van der Waals surface area contributed by atoms with E-state index in [9.17, 15) is 4.79 Å². The van der Waals surface area contributed by atoms with E-state index >= 15 is 0 Å². The summed E-state index contributed by atoms with van der Waals surface area (Å²) in [5, 5.41) is 7.76. The topological polar surface area (TPSA) is 65.4 Å². The van der Waals surface area contributed by atoms with Crippen molar-refractivity contribution in [1.29, 1.82) is 0 Å². The number of nitrogens with zero attached hydrogens (tertiary/aromatic N) is 2. The summed E-state index contributed by atoms with van der Waals surface area (Å²) in [6.07, 6.45) is 0. The summed E-state index contributed by atoms with van der Waals surface area (Å²) in [6, 6.07) is 5.29. The zero-order chi connectivity index (χ0) is 18.2. The number of ether oxygens (including phenoxy) is 2. The zero-order valence-corrected chi connectivity index (χ0v) is 16.0. The first-order chi connectivity index (χ1) is 11.9. The molecule has 1 aromatic carbocycles. The van der Waals surface area contributed by atoms with Crippen LogP contribution in [0.5, 0.6) is 11.5 Å². The maximum absolute atomic E-state index is 13.0. The fraction of sp³-hybridized carbons (Fsp3) is 0.444. The number of hydrogen-bond acceptors (Lipinski definition) is 5. The number of fused-ring (bicyclic) bond motifs is 1. The summed E-state index contributed by atoms with van der Waals surface area (Å²) >= 11 is 1.80. The Morgan fingerprint density at radius 3 is 2.40 bits per heavy atom. The van der Waals surface area contributed by atoms with Crippen molar-refractivity contribution in [2.24, 2.45) is 0 Å². The molecule has 0 radical (unpaired) electrons. The van der Waals surface area contributed by atoms with Gasteiger partial charge in [0.2, 0.25) is 0 Å². The summed E-state index contributed by atoms with van der Waals surface area (Å²) in [5.74, 6) is 3.17. The molecule has 3 rings (SSSR count). The number of amides is 1. The molecular weight excluding hydrogens is 338 g/mol. The number of hydrogen-bond donors (Lipinski definition) is 1. The molecule has 0 spiro atoms. The van der Waals surface area contributed by atoms with E-state index in [2.05, 4.69) is 26.1 Å². The predicted octanol–water partition coefficient (Wildman–Crippen LogP) is 3.65. The summed E-state index contributed by atoms with van der Waals surface area (Å²) in [5.41, 5.74) is 2.29. The Hall–Kier alpha value is -2.15. The van der Waals surface area contributed by atoms with Crippen LogP contribution in [0.15, 0.2) is 18.2 Å². The fourth-order valence-electron chi connectivity index (χ4n) is 2.87. The minimum absolute atomic E-state index is 0.234. The van der Waals surface area contributed by atoms with Gasteiger partial charge in [-0.25, -0.2) is 4.68 Å². The highest BCUT2D eigenvalue weighted by molar-refractivity contribution is 7.98. The summed E-state index contributed by atoms with van der Waals surface area (Å²) < 4.78 is 12.6. The van der Waals surface area contributed by atoms with Gasteiger partial charge in [-0.1, -0.05) is 6.07 Å². The first-order valence-electron chi connectivity index (χ1n) is 8.08. The highest BCUT2D eigenvalue weighted by atomic mass is 32.2. The molecule has 0 unspecified atom stereocenters. The molecule has 0 fully saturated rings. The van der Waals surface area contributed by atoms with E-state index in [-0.39, 0.29) is 11.4 Å². The molecule has 1 aromatic heterocycles. The van der Waals surface area contributed by atoms with Gasteiger partial charge < -0.3 is 14.8 Å². The van der Waals surface area contributed by atoms with Gasteiger partial charge in [0.25, 0.3) is 5.91 Å². The highest BCUT2D eigenvalue weighted by Crippen LogP contribution is 2.38. The van der Waals surface area contributed by atoms with Crippen LogP contribution in [-0.4, -0.2) is 29.9 Å². The third-order valence-corrected chi connectivity index (χ3v) is 5.04. The number of anilines is 1. The lowest BCUT2D eigenvalue weighted by Crippen LogP contribution is -2.27. The van der Waals surface area contributed by atoms with Crippen molar-refractivity contribution < 1.29 is 14.3 Å². The number of carbonyl (C=O) groups is 1. The number of nitrogens with one attached hydrogen (secondary N) is 1. The summed E-state index contributed by atoms with van der Waals surface area (Å²) in [6.45, 7) is 6.21. The van der Waals surface area contributed by atoms with Crippen molar-refractivity contribution in [3.8, 4) is 11.5 Å². The quantitative estimate of drug-likeness (QED) is 0.900. The van der Waals surface area contributed by atoms with Crippen LogP contribution in [0.1, 0.15) is 42.4 Å². The fourth-order valence-corrected chi connectivity index (χ4v) is 3.91. The van der Waals surface area contributed by atoms with E-state index < -0.39 is 0 Å². The molecule has 0 saturated heterocycles. The van der Waals surface area contributed by atoms with Crippen molar-refractivity contribution in [2.45, 2.75) is 37.8 Å². The predicted molar refractivity (Wildman–Crippen MR) is 99.7 cm³/mol. The third-order valence-electron chi connectivity index (χ3n) is 4.07. The monoisotopic (exact) mass is 361 g/mol. The molecule has 7 heteroatoms. The molecule has 1 N–H and O–H groups in total. The lowest BCUT2D eigenvalue weighted by atomic mass is 10.1. The molecular formula is C18H23N3O3S. The number of aromatic nitrogens is 2. The van der Waals surface area contributed by atoms with Crippen molar-refractivity contribution in [3.05, 3.63) is 35.0 Å².